The van der Waals surface area contributed by atoms with Gasteiger partial charge >= 0.3 is 11.9 Å². The smallest absolute Gasteiger partial charge is 0.338 e. The molecule has 2 N–H and O–H groups in total. The van der Waals surface area contributed by atoms with Crippen molar-refractivity contribution in [1.29, 1.82) is 0 Å². The van der Waals surface area contributed by atoms with Crippen molar-refractivity contribution >= 4 is 11.9 Å². The average Bonchev–Trinajstić information content (AvgIpc) is 3.08. The van der Waals surface area contributed by atoms with Crippen LogP contribution in [0.3, 0.4) is 0 Å². The van der Waals surface area contributed by atoms with Gasteiger partial charge in [0.15, 0.2) is 5.60 Å². The van der Waals surface area contributed by atoms with Crippen molar-refractivity contribution in [2.75, 3.05) is 19.7 Å². The first-order chi connectivity index (χ1) is 11.8. The van der Waals surface area contributed by atoms with Crippen LogP contribution >= 0.6 is 0 Å². The van der Waals surface area contributed by atoms with E-state index in [0.29, 0.717) is 18.5 Å². The lowest BCUT2D eigenvalue weighted by Gasteiger charge is -2.32. The molecular formula is C18H27NO6. The fraction of sp³-hybridized carbons (Fsp3) is 0.778. The zero-order valence-corrected chi connectivity index (χ0v) is 15.0. The minimum atomic E-state index is -1.72. The first-order valence-electron chi connectivity index (χ1n) is 8.93. The molecule has 3 rings (SSSR count). The summed E-state index contributed by atoms with van der Waals surface area (Å²) in [5.41, 5.74) is -1.28. The fourth-order valence-electron chi connectivity index (χ4n) is 4.13. The third kappa shape index (κ3) is 3.20. The van der Waals surface area contributed by atoms with E-state index < -0.39 is 29.6 Å². The van der Waals surface area contributed by atoms with Gasteiger partial charge in [0, 0.05) is 24.6 Å². The molecule has 3 fully saturated rings. The number of esters is 2. The highest BCUT2D eigenvalue weighted by molar-refractivity contribution is 5.89. The highest BCUT2D eigenvalue weighted by Gasteiger charge is 2.51. The minimum absolute atomic E-state index is 0.00849. The maximum Gasteiger partial charge on any atom is 0.338 e. The lowest BCUT2D eigenvalue weighted by atomic mass is 9.85. The van der Waals surface area contributed by atoms with Crippen LogP contribution < -0.4 is 0 Å². The van der Waals surface area contributed by atoms with Gasteiger partial charge < -0.3 is 19.7 Å². The van der Waals surface area contributed by atoms with Gasteiger partial charge in [-0.25, -0.2) is 9.59 Å². The van der Waals surface area contributed by atoms with Crippen LogP contribution in [0.1, 0.15) is 33.6 Å². The quantitative estimate of drug-likeness (QED) is 0.476. The van der Waals surface area contributed by atoms with Crippen LogP contribution in [0.25, 0.3) is 0 Å². The molecule has 0 unspecified atom stereocenters. The summed E-state index contributed by atoms with van der Waals surface area (Å²) < 4.78 is 11.1. The van der Waals surface area contributed by atoms with Crippen LogP contribution in [0.2, 0.25) is 0 Å². The monoisotopic (exact) mass is 353 g/mol. The largest absolute Gasteiger partial charge is 0.463 e. The van der Waals surface area contributed by atoms with E-state index in [4.69, 9.17) is 9.47 Å². The minimum Gasteiger partial charge on any atom is -0.463 e. The maximum atomic E-state index is 12.6. The summed E-state index contributed by atoms with van der Waals surface area (Å²) in [6, 6.07) is -0.161. The molecule has 0 amide bonds. The number of aliphatic hydroxyl groups is 2. The topological polar surface area (TPSA) is 96.3 Å². The van der Waals surface area contributed by atoms with Gasteiger partial charge in [-0.2, -0.15) is 0 Å². The highest BCUT2D eigenvalue weighted by atomic mass is 16.6. The molecule has 7 heteroatoms. The SMILES string of the molecule is C/C=C1/C[C@H](C)[C@@](C)(O)C(=O)OC[C@@H]2[C@H]3[C@@H](CCN3C[C@H]2O)OC1=O. The Morgan fingerprint density at radius 3 is 2.76 bits per heavy atom. The Bertz CT molecular complexity index is 586. The molecular weight excluding hydrogens is 326 g/mol. The Labute approximate surface area is 147 Å². The summed E-state index contributed by atoms with van der Waals surface area (Å²) in [6.45, 7) is 6.07. The summed E-state index contributed by atoms with van der Waals surface area (Å²) in [6.07, 6.45) is 1.63. The van der Waals surface area contributed by atoms with E-state index >= 15 is 0 Å². The van der Waals surface area contributed by atoms with Crippen molar-refractivity contribution in [3.05, 3.63) is 11.6 Å². The van der Waals surface area contributed by atoms with Crippen LogP contribution in [0.15, 0.2) is 11.6 Å². The summed E-state index contributed by atoms with van der Waals surface area (Å²) in [7, 11) is 0. The summed E-state index contributed by atoms with van der Waals surface area (Å²) >= 11 is 0. The van der Waals surface area contributed by atoms with Gasteiger partial charge in [0.2, 0.25) is 0 Å². The molecule has 3 saturated heterocycles. The maximum absolute atomic E-state index is 12.6. The number of nitrogens with zero attached hydrogens (tertiary/aromatic N) is 1. The molecule has 0 aliphatic carbocycles. The van der Waals surface area contributed by atoms with E-state index in [1.54, 1.807) is 19.9 Å². The van der Waals surface area contributed by atoms with E-state index in [9.17, 15) is 19.8 Å². The number of rotatable bonds is 0. The first kappa shape index (κ1) is 18.4. The van der Waals surface area contributed by atoms with Gasteiger partial charge in [0.25, 0.3) is 0 Å². The number of aliphatic hydroxyl groups excluding tert-OH is 1. The number of allylic oxidation sites excluding steroid dienone is 1. The van der Waals surface area contributed by atoms with Crippen LogP contribution in [0.4, 0.5) is 0 Å². The highest BCUT2D eigenvalue weighted by Crippen LogP contribution is 2.37. The normalized spacial score (nSPS) is 44.7. The van der Waals surface area contributed by atoms with Crippen molar-refractivity contribution < 1.29 is 29.3 Å². The number of ether oxygens (including phenoxy) is 2. The standard InChI is InChI=1S/C18H27NO6/c1-4-11-7-10(2)18(3,23)17(22)24-9-12-13(20)8-19-6-5-14(15(12)19)25-16(11)21/h4,10,12-15,20,23H,5-9H2,1-3H3/b11-4-/t10-,12-,13+,14+,15-,18+/m0/s1. The average molecular weight is 353 g/mol. The van der Waals surface area contributed by atoms with E-state index in [1.807, 2.05) is 0 Å². The van der Waals surface area contributed by atoms with Crippen molar-refractivity contribution in [3.63, 3.8) is 0 Å². The molecule has 3 aliphatic heterocycles. The lowest BCUT2D eigenvalue weighted by molar-refractivity contribution is -0.173. The van der Waals surface area contributed by atoms with Gasteiger partial charge in [-0.05, 0) is 32.6 Å². The summed E-state index contributed by atoms with van der Waals surface area (Å²) in [5, 5.41) is 20.9. The fourth-order valence-corrected chi connectivity index (χ4v) is 4.13. The summed E-state index contributed by atoms with van der Waals surface area (Å²) in [5.74, 6) is -1.97. The second kappa shape index (κ2) is 6.70. The second-order valence-corrected chi connectivity index (χ2v) is 7.61. The van der Waals surface area contributed by atoms with E-state index in [0.717, 1.165) is 6.54 Å². The molecule has 0 spiro atoms. The lowest BCUT2D eigenvalue weighted by Crippen LogP contribution is -2.47. The van der Waals surface area contributed by atoms with Crippen LogP contribution in [-0.4, -0.2) is 70.6 Å². The van der Waals surface area contributed by atoms with Gasteiger partial charge in [-0.1, -0.05) is 13.0 Å². The molecule has 0 aromatic rings. The Kier molecular flexibility index (Phi) is 4.92. The van der Waals surface area contributed by atoms with Crippen molar-refractivity contribution in [2.45, 2.75) is 57.5 Å². The molecule has 0 saturated carbocycles. The number of carbonyl (C=O) groups excluding carboxylic acids is 2. The zero-order chi connectivity index (χ0) is 18.4. The molecule has 0 radical (unpaired) electrons. The predicted molar refractivity (Wildman–Crippen MR) is 88.5 cm³/mol. The predicted octanol–water partition coefficient (Wildman–Crippen LogP) is 0.243. The van der Waals surface area contributed by atoms with Gasteiger partial charge in [-0.3, -0.25) is 4.90 Å². The Morgan fingerprint density at radius 1 is 1.36 bits per heavy atom. The zero-order valence-electron chi connectivity index (χ0n) is 15.0. The number of hydrogen-bond acceptors (Lipinski definition) is 7. The Morgan fingerprint density at radius 2 is 2.08 bits per heavy atom. The molecule has 0 aromatic heterocycles. The molecule has 0 bridgehead atoms. The van der Waals surface area contributed by atoms with Crippen molar-refractivity contribution in [1.82, 2.24) is 4.90 Å². The van der Waals surface area contributed by atoms with Gasteiger partial charge in [-0.15, -0.1) is 0 Å². The molecule has 3 heterocycles. The van der Waals surface area contributed by atoms with Crippen LogP contribution in [0.5, 0.6) is 0 Å². The molecule has 140 valence electrons. The van der Waals surface area contributed by atoms with Crippen LogP contribution in [-0.2, 0) is 19.1 Å². The van der Waals surface area contributed by atoms with Crippen molar-refractivity contribution in [2.24, 2.45) is 11.8 Å². The van der Waals surface area contributed by atoms with Gasteiger partial charge in [0.1, 0.15) is 6.10 Å². The molecule has 3 aliphatic rings. The third-order valence-corrected chi connectivity index (χ3v) is 6.03. The summed E-state index contributed by atoms with van der Waals surface area (Å²) in [4.78, 5) is 27.1. The number of carbonyl (C=O) groups is 2. The van der Waals surface area contributed by atoms with E-state index in [2.05, 4.69) is 4.90 Å². The van der Waals surface area contributed by atoms with Crippen molar-refractivity contribution in [3.8, 4) is 0 Å². The number of hydrogen-bond donors (Lipinski definition) is 2. The molecule has 0 aromatic carbocycles. The van der Waals surface area contributed by atoms with Gasteiger partial charge in [0.05, 0.1) is 18.8 Å². The number of cyclic esters (lactones) is 1. The van der Waals surface area contributed by atoms with E-state index in [-0.39, 0.29) is 31.1 Å². The molecule has 6 atom stereocenters. The van der Waals surface area contributed by atoms with E-state index in [1.165, 1.54) is 6.92 Å². The first-order valence-corrected chi connectivity index (χ1v) is 8.93. The Balaban J connectivity index is 1.91. The second-order valence-electron chi connectivity index (χ2n) is 7.61. The molecule has 25 heavy (non-hydrogen) atoms. The van der Waals surface area contributed by atoms with Crippen LogP contribution in [0, 0.1) is 11.8 Å². The Hall–Kier alpha value is -1.44. The molecule has 7 nitrogen and oxygen atoms in total. The third-order valence-electron chi connectivity index (χ3n) is 6.03.